The van der Waals surface area contributed by atoms with Crippen molar-refractivity contribution in [3.63, 3.8) is 0 Å². The van der Waals surface area contributed by atoms with Gasteiger partial charge in [-0.3, -0.25) is 9.69 Å². The van der Waals surface area contributed by atoms with Crippen molar-refractivity contribution in [2.75, 3.05) is 26.2 Å². The molecule has 0 aromatic carbocycles. The molecule has 20 heavy (non-hydrogen) atoms. The number of carbonyl (C=O) groups excluding carboxylic acids is 1. The maximum absolute atomic E-state index is 11.7. The van der Waals surface area contributed by atoms with Crippen molar-refractivity contribution in [3.8, 4) is 0 Å². The van der Waals surface area contributed by atoms with Gasteiger partial charge in [0.2, 0.25) is 0 Å². The van der Waals surface area contributed by atoms with E-state index in [-0.39, 0.29) is 5.97 Å². The molecule has 0 N–H and O–H groups in total. The molecule has 0 bridgehead atoms. The molecule has 0 aromatic heterocycles. The zero-order valence-corrected chi connectivity index (χ0v) is 14.0. The highest BCUT2D eigenvalue weighted by molar-refractivity contribution is 5.71. The Morgan fingerprint density at radius 1 is 0.800 bits per heavy atom. The van der Waals surface area contributed by atoms with E-state index in [9.17, 15) is 4.79 Å². The molecular formula is C17H35NO2. The highest BCUT2D eigenvalue weighted by Crippen LogP contribution is 2.07. The van der Waals surface area contributed by atoms with Gasteiger partial charge in [-0.1, -0.05) is 59.3 Å². The molecule has 0 rings (SSSR count). The summed E-state index contributed by atoms with van der Waals surface area (Å²) in [6.45, 7) is 9.55. The second-order valence-corrected chi connectivity index (χ2v) is 5.62. The molecule has 0 saturated carbocycles. The topological polar surface area (TPSA) is 29.5 Å². The van der Waals surface area contributed by atoms with Gasteiger partial charge in [-0.05, 0) is 32.4 Å². The lowest BCUT2D eigenvalue weighted by Gasteiger charge is -2.19. The summed E-state index contributed by atoms with van der Waals surface area (Å²) >= 11 is 0. The Kier molecular flexibility index (Phi) is 14.4. The summed E-state index contributed by atoms with van der Waals surface area (Å²) < 4.78 is 5.31. The second-order valence-electron chi connectivity index (χ2n) is 5.62. The van der Waals surface area contributed by atoms with Crippen LogP contribution in [0.2, 0.25) is 0 Å². The molecule has 3 nitrogen and oxygen atoms in total. The van der Waals surface area contributed by atoms with Gasteiger partial charge < -0.3 is 4.74 Å². The Labute approximate surface area is 126 Å². The van der Waals surface area contributed by atoms with Crippen molar-refractivity contribution < 1.29 is 9.53 Å². The lowest BCUT2D eigenvalue weighted by Crippen LogP contribution is -2.32. The standard InChI is InChI=1S/C17H35NO2/c1-4-7-8-9-10-11-12-15-20-17(19)16-18(13-5-2)14-6-3/h4-16H2,1-3H3. The van der Waals surface area contributed by atoms with Gasteiger partial charge >= 0.3 is 5.97 Å². The second kappa shape index (κ2) is 14.8. The number of ether oxygens (including phenoxy) is 1. The van der Waals surface area contributed by atoms with Crippen LogP contribution in [-0.2, 0) is 9.53 Å². The maximum Gasteiger partial charge on any atom is 0.320 e. The number of esters is 1. The average molecular weight is 285 g/mol. The van der Waals surface area contributed by atoms with Gasteiger partial charge in [-0.15, -0.1) is 0 Å². The molecule has 0 fully saturated rings. The van der Waals surface area contributed by atoms with Gasteiger partial charge in [-0.2, -0.15) is 0 Å². The van der Waals surface area contributed by atoms with Gasteiger partial charge in [0.05, 0.1) is 13.2 Å². The van der Waals surface area contributed by atoms with Crippen LogP contribution in [0.3, 0.4) is 0 Å². The minimum absolute atomic E-state index is 0.0575. The van der Waals surface area contributed by atoms with E-state index in [1.54, 1.807) is 0 Å². The Balaban J connectivity index is 3.47. The third kappa shape index (κ3) is 12.5. The highest BCUT2D eigenvalue weighted by Gasteiger charge is 2.09. The zero-order chi connectivity index (χ0) is 15.1. The molecule has 0 unspecified atom stereocenters. The van der Waals surface area contributed by atoms with Gasteiger partial charge in [0, 0.05) is 0 Å². The van der Waals surface area contributed by atoms with E-state index < -0.39 is 0 Å². The third-order valence-electron chi connectivity index (χ3n) is 3.44. The fourth-order valence-corrected chi connectivity index (χ4v) is 2.38. The van der Waals surface area contributed by atoms with Crippen LogP contribution in [0, 0.1) is 0 Å². The Morgan fingerprint density at radius 2 is 1.35 bits per heavy atom. The predicted molar refractivity (Wildman–Crippen MR) is 86.0 cm³/mol. The summed E-state index contributed by atoms with van der Waals surface area (Å²) in [6, 6.07) is 0. The van der Waals surface area contributed by atoms with E-state index >= 15 is 0 Å². The van der Waals surface area contributed by atoms with E-state index in [4.69, 9.17) is 4.74 Å². The Hall–Kier alpha value is -0.570. The van der Waals surface area contributed by atoms with Gasteiger partial charge in [0.25, 0.3) is 0 Å². The Bertz CT molecular complexity index is 213. The molecule has 0 heterocycles. The molecule has 0 atom stereocenters. The van der Waals surface area contributed by atoms with Crippen LogP contribution >= 0.6 is 0 Å². The molecular weight excluding hydrogens is 250 g/mol. The molecule has 0 saturated heterocycles. The van der Waals surface area contributed by atoms with Gasteiger partial charge in [-0.25, -0.2) is 0 Å². The van der Waals surface area contributed by atoms with Crippen LogP contribution in [-0.4, -0.2) is 37.1 Å². The van der Waals surface area contributed by atoms with Crippen molar-refractivity contribution in [2.24, 2.45) is 0 Å². The first-order chi connectivity index (χ1) is 9.74. The summed E-state index contributed by atoms with van der Waals surface area (Å²) in [5.74, 6) is -0.0575. The first-order valence-electron chi connectivity index (χ1n) is 8.62. The number of rotatable bonds is 14. The minimum atomic E-state index is -0.0575. The lowest BCUT2D eigenvalue weighted by atomic mass is 10.1. The van der Waals surface area contributed by atoms with Crippen LogP contribution in [0.1, 0.15) is 78.6 Å². The summed E-state index contributed by atoms with van der Waals surface area (Å²) in [5.41, 5.74) is 0. The van der Waals surface area contributed by atoms with Crippen LogP contribution in [0.5, 0.6) is 0 Å². The van der Waals surface area contributed by atoms with Crippen molar-refractivity contribution in [1.29, 1.82) is 0 Å². The van der Waals surface area contributed by atoms with E-state index in [1.807, 2.05) is 0 Å². The molecule has 3 heteroatoms. The summed E-state index contributed by atoms with van der Waals surface area (Å²) in [5, 5.41) is 0. The van der Waals surface area contributed by atoms with Crippen molar-refractivity contribution in [2.45, 2.75) is 78.6 Å². The molecule has 0 aliphatic carbocycles. The first-order valence-corrected chi connectivity index (χ1v) is 8.62. The van der Waals surface area contributed by atoms with Crippen molar-refractivity contribution in [1.82, 2.24) is 4.90 Å². The van der Waals surface area contributed by atoms with Crippen molar-refractivity contribution >= 4 is 5.97 Å². The van der Waals surface area contributed by atoms with E-state index in [0.29, 0.717) is 13.2 Å². The smallest absolute Gasteiger partial charge is 0.320 e. The molecule has 0 spiro atoms. The van der Waals surface area contributed by atoms with Crippen LogP contribution in [0.25, 0.3) is 0 Å². The van der Waals surface area contributed by atoms with Crippen molar-refractivity contribution in [3.05, 3.63) is 0 Å². The average Bonchev–Trinajstić information content (AvgIpc) is 2.42. The van der Waals surface area contributed by atoms with Crippen LogP contribution in [0.4, 0.5) is 0 Å². The van der Waals surface area contributed by atoms with E-state index in [2.05, 4.69) is 25.7 Å². The first kappa shape index (κ1) is 19.4. The number of hydrogen-bond donors (Lipinski definition) is 0. The fourth-order valence-electron chi connectivity index (χ4n) is 2.38. The zero-order valence-electron chi connectivity index (χ0n) is 14.0. The molecule has 120 valence electrons. The van der Waals surface area contributed by atoms with Gasteiger partial charge in [0.1, 0.15) is 0 Å². The fraction of sp³-hybridized carbons (Fsp3) is 0.941. The number of carbonyl (C=O) groups is 1. The predicted octanol–water partition coefficient (Wildman–Crippen LogP) is 4.40. The molecule has 0 aliphatic rings. The van der Waals surface area contributed by atoms with E-state index in [1.165, 1.54) is 38.5 Å². The van der Waals surface area contributed by atoms with Gasteiger partial charge in [0.15, 0.2) is 0 Å². The Morgan fingerprint density at radius 3 is 1.90 bits per heavy atom. The number of unbranched alkanes of at least 4 members (excludes halogenated alkanes) is 6. The number of hydrogen-bond acceptors (Lipinski definition) is 3. The maximum atomic E-state index is 11.7. The molecule has 0 amide bonds. The quantitative estimate of drug-likeness (QED) is 0.350. The number of nitrogens with zero attached hydrogens (tertiary/aromatic N) is 1. The van der Waals surface area contributed by atoms with Crippen LogP contribution in [0.15, 0.2) is 0 Å². The molecule has 0 aliphatic heterocycles. The largest absolute Gasteiger partial charge is 0.465 e. The molecule has 0 radical (unpaired) electrons. The summed E-state index contributed by atoms with van der Waals surface area (Å²) in [4.78, 5) is 13.9. The minimum Gasteiger partial charge on any atom is -0.465 e. The normalized spacial score (nSPS) is 11.0. The van der Waals surface area contributed by atoms with E-state index in [0.717, 1.165) is 32.4 Å². The van der Waals surface area contributed by atoms with Crippen LogP contribution < -0.4 is 0 Å². The summed E-state index contributed by atoms with van der Waals surface area (Å²) in [7, 11) is 0. The highest BCUT2D eigenvalue weighted by atomic mass is 16.5. The lowest BCUT2D eigenvalue weighted by molar-refractivity contribution is -0.145. The SMILES string of the molecule is CCCCCCCCCOC(=O)CN(CCC)CCC. The third-order valence-corrected chi connectivity index (χ3v) is 3.44. The summed E-state index contributed by atoms with van der Waals surface area (Å²) in [6.07, 6.45) is 11.0. The monoisotopic (exact) mass is 285 g/mol. The molecule has 0 aromatic rings.